The summed E-state index contributed by atoms with van der Waals surface area (Å²) < 4.78 is 0. The van der Waals surface area contributed by atoms with E-state index in [1.54, 1.807) is 7.05 Å². The summed E-state index contributed by atoms with van der Waals surface area (Å²) in [5, 5.41) is 5.81. The molecule has 1 aromatic carbocycles. The van der Waals surface area contributed by atoms with Gasteiger partial charge in [-0.2, -0.15) is 0 Å². The van der Waals surface area contributed by atoms with Gasteiger partial charge >= 0.3 is 0 Å². The van der Waals surface area contributed by atoms with Gasteiger partial charge in [0.2, 0.25) is 5.91 Å². The zero-order chi connectivity index (χ0) is 11.3. The number of benzene rings is 1. The third-order valence-electron chi connectivity index (χ3n) is 2.33. The van der Waals surface area contributed by atoms with Gasteiger partial charge in [0.05, 0.1) is 0 Å². The van der Waals surface area contributed by atoms with E-state index in [-0.39, 0.29) is 30.5 Å². The minimum Gasteiger partial charge on any atom is -0.373 e. The van der Waals surface area contributed by atoms with E-state index in [1.165, 1.54) is 5.56 Å². The van der Waals surface area contributed by atoms with Gasteiger partial charge in [-0.3, -0.25) is 4.79 Å². The quantitative estimate of drug-likeness (QED) is 0.805. The van der Waals surface area contributed by atoms with Crippen molar-refractivity contribution >= 4 is 11.6 Å². The summed E-state index contributed by atoms with van der Waals surface area (Å²) in [7, 11) is 1.66. The van der Waals surface area contributed by atoms with Crippen LogP contribution >= 0.6 is 0 Å². The molecule has 4 heteroatoms. The zero-order valence-electron chi connectivity index (χ0n) is 9.95. The second kappa shape index (κ2) is 7.36. The Bertz CT molecular complexity index is 317. The van der Waals surface area contributed by atoms with Crippen molar-refractivity contribution in [2.75, 3.05) is 12.4 Å². The van der Waals surface area contributed by atoms with Crippen molar-refractivity contribution in [3.8, 4) is 0 Å². The molecule has 16 heavy (non-hydrogen) atoms. The summed E-state index contributed by atoms with van der Waals surface area (Å²) in [6, 6.07) is 7.91. The fourth-order valence-corrected chi connectivity index (χ4v) is 1.63. The molecule has 2 rings (SSSR count). The Morgan fingerprint density at radius 1 is 1.38 bits per heavy atom. The Hall–Kier alpha value is -0.926. The van der Waals surface area contributed by atoms with Crippen molar-refractivity contribution in [2.45, 2.75) is 26.3 Å². The number of anilines is 1. The molecule has 1 aliphatic rings. The van der Waals surface area contributed by atoms with Crippen molar-refractivity contribution in [3.05, 3.63) is 29.8 Å². The number of likely N-dealkylation sites (N-methyl/N-ethyl adjacent to an activating group) is 1. The molecular formula is C12H18N2OV. The smallest absolute Gasteiger partial charge is 0.242 e. The molecule has 1 heterocycles. The predicted molar refractivity (Wildman–Crippen MR) is 63.0 cm³/mol. The molecule has 1 amide bonds. The molecule has 3 nitrogen and oxygen atoms in total. The standard InChI is InChI=1S/C10H12N2O.C2H6.V/c1-11-10(13)9-6-7-4-2-3-5-8(7)12-9;1-2;/h2-5,9,12H,6H2,1H3,(H,11,13);1-2H3;. The first-order chi connectivity index (χ1) is 7.31. The maximum atomic E-state index is 11.3. The number of hydrogen-bond donors (Lipinski definition) is 2. The molecule has 0 aliphatic carbocycles. The van der Waals surface area contributed by atoms with Gasteiger partial charge in [0, 0.05) is 37.7 Å². The molecule has 0 spiro atoms. The van der Waals surface area contributed by atoms with Gasteiger partial charge in [-0.1, -0.05) is 32.0 Å². The Labute approximate surface area is 109 Å². The van der Waals surface area contributed by atoms with Gasteiger partial charge in [-0.25, -0.2) is 0 Å². The fourth-order valence-electron chi connectivity index (χ4n) is 1.63. The van der Waals surface area contributed by atoms with Crippen molar-refractivity contribution in [3.63, 3.8) is 0 Å². The first kappa shape index (κ1) is 15.1. The Balaban J connectivity index is 0.000000711. The molecule has 1 radical (unpaired) electrons. The van der Waals surface area contributed by atoms with Crippen LogP contribution in [0.4, 0.5) is 5.69 Å². The van der Waals surface area contributed by atoms with Gasteiger partial charge < -0.3 is 10.6 Å². The second-order valence-electron chi connectivity index (χ2n) is 3.17. The molecule has 0 fully saturated rings. The summed E-state index contributed by atoms with van der Waals surface area (Å²) in [5.74, 6) is 0.0520. The number of para-hydroxylation sites is 1. The van der Waals surface area contributed by atoms with Gasteiger partial charge in [0.15, 0.2) is 0 Å². The Morgan fingerprint density at radius 2 is 2.00 bits per heavy atom. The van der Waals surface area contributed by atoms with Crippen molar-refractivity contribution in [2.24, 2.45) is 0 Å². The summed E-state index contributed by atoms with van der Waals surface area (Å²) >= 11 is 0. The van der Waals surface area contributed by atoms with Crippen LogP contribution in [-0.4, -0.2) is 19.0 Å². The zero-order valence-corrected chi connectivity index (χ0v) is 11.3. The fraction of sp³-hybridized carbons (Fsp3) is 0.417. The van der Waals surface area contributed by atoms with E-state index in [2.05, 4.69) is 10.6 Å². The Morgan fingerprint density at radius 3 is 2.56 bits per heavy atom. The minimum absolute atomic E-state index is 0. The molecule has 2 N–H and O–H groups in total. The average Bonchev–Trinajstić information content (AvgIpc) is 2.74. The van der Waals surface area contributed by atoms with Crippen LogP contribution in [0.15, 0.2) is 24.3 Å². The van der Waals surface area contributed by atoms with Gasteiger partial charge in [-0.05, 0) is 11.6 Å². The van der Waals surface area contributed by atoms with Crippen LogP contribution in [0, 0.1) is 0 Å². The monoisotopic (exact) mass is 257 g/mol. The van der Waals surface area contributed by atoms with Gasteiger partial charge in [0.25, 0.3) is 0 Å². The first-order valence-corrected chi connectivity index (χ1v) is 5.37. The van der Waals surface area contributed by atoms with Crippen LogP contribution in [0.3, 0.4) is 0 Å². The number of carbonyl (C=O) groups is 1. The number of hydrogen-bond acceptors (Lipinski definition) is 2. The third-order valence-corrected chi connectivity index (χ3v) is 2.33. The first-order valence-electron chi connectivity index (χ1n) is 5.37. The summed E-state index contributed by atoms with van der Waals surface area (Å²) in [6.45, 7) is 4.00. The van der Waals surface area contributed by atoms with Crippen LogP contribution < -0.4 is 10.6 Å². The predicted octanol–water partition coefficient (Wildman–Crippen LogP) is 1.79. The van der Waals surface area contributed by atoms with Crippen LogP contribution in [0.1, 0.15) is 19.4 Å². The van der Waals surface area contributed by atoms with E-state index in [1.807, 2.05) is 38.1 Å². The summed E-state index contributed by atoms with van der Waals surface area (Å²) in [6.07, 6.45) is 0.788. The van der Waals surface area contributed by atoms with Gasteiger partial charge in [-0.15, -0.1) is 0 Å². The maximum absolute atomic E-state index is 11.3. The van der Waals surface area contributed by atoms with E-state index in [0.717, 1.165) is 12.1 Å². The topological polar surface area (TPSA) is 41.1 Å². The summed E-state index contributed by atoms with van der Waals surface area (Å²) in [4.78, 5) is 11.3. The number of carbonyl (C=O) groups excluding carboxylic acids is 1. The van der Waals surface area contributed by atoms with E-state index >= 15 is 0 Å². The van der Waals surface area contributed by atoms with E-state index in [9.17, 15) is 4.79 Å². The van der Waals surface area contributed by atoms with E-state index in [0.29, 0.717) is 0 Å². The van der Waals surface area contributed by atoms with Crippen LogP contribution in [0.5, 0.6) is 0 Å². The Kier molecular flexibility index (Phi) is 6.94. The number of rotatable bonds is 1. The minimum atomic E-state index is -0.0950. The van der Waals surface area contributed by atoms with E-state index < -0.39 is 0 Å². The van der Waals surface area contributed by atoms with Crippen molar-refractivity contribution in [1.82, 2.24) is 5.32 Å². The van der Waals surface area contributed by atoms with Crippen LogP contribution in [0.25, 0.3) is 0 Å². The molecular weight excluding hydrogens is 239 g/mol. The molecule has 1 aliphatic heterocycles. The SMILES string of the molecule is CC.CNC(=O)C1Cc2ccccc2N1.[V]. The van der Waals surface area contributed by atoms with Crippen molar-refractivity contribution in [1.29, 1.82) is 0 Å². The van der Waals surface area contributed by atoms with Crippen molar-refractivity contribution < 1.29 is 23.4 Å². The molecule has 0 aromatic heterocycles. The maximum Gasteiger partial charge on any atom is 0.242 e. The number of nitrogens with one attached hydrogen (secondary N) is 2. The molecule has 87 valence electrons. The van der Waals surface area contributed by atoms with Crippen LogP contribution in [-0.2, 0) is 29.8 Å². The molecule has 1 aromatic rings. The van der Waals surface area contributed by atoms with Crippen LogP contribution in [0.2, 0.25) is 0 Å². The second-order valence-corrected chi connectivity index (χ2v) is 3.17. The molecule has 1 atom stereocenters. The third kappa shape index (κ3) is 3.29. The number of fused-ring (bicyclic) bond motifs is 1. The summed E-state index contributed by atoms with van der Waals surface area (Å²) in [5.41, 5.74) is 2.30. The van der Waals surface area contributed by atoms with Gasteiger partial charge in [0.1, 0.15) is 6.04 Å². The number of amides is 1. The molecule has 0 saturated heterocycles. The molecule has 1 unspecified atom stereocenters. The molecule has 0 bridgehead atoms. The van der Waals surface area contributed by atoms with E-state index in [4.69, 9.17) is 0 Å². The average molecular weight is 257 g/mol. The normalized spacial score (nSPS) is 15.8. The largest absolute Gasteiger partial charge is 0.373 e. The molecule has 0 saturated carbocycles.